The Labute approximate surface area is 95.3 Å². The topological polar surface area (TPSA) is 73.6 Å². The van der Waals surface area contributed by atoms with Gasteiger partial charge in [0.25, 0.3) is 0 Å². The average Bonchev–Trinajstić information content (AvgIpc) is 3.08. The Morgan fingerprint density at radius 3 is 2.38 bits per heavy atom. The van der Waals surface area contributed by atoms with Crippen LogP contribution in [0.15, 0.2) is 29.3 Å². The Balaban J connectivity index is 2.13. The van der Waals surface area contributed by atoms with Gasteiger partial charge in [0.1, 0.15) is 5.75 Å². The molecule has 0 aliphatic heterocycles. The van der Waals surface area contributed by atoms with Crippen molar-refractivity contribution in [3.8, 4) is 5.75 Å². The van der Waals surface area contributed by atoms with Crippen LogP contribution in [0.25, 0.3) is 0 Å². The van der Waals surface area contributed by atoms with E-state index in [2.05, 4.69) is 17.1 Å². The van der Waals surface area contributed by atoms with Crippen molar-refractivity contribution < 1.29 is 4.74 Å². The van der Waals surface area contributed by atoms with Crippen LogP contribution in [0.2, 0.25) is 0 Å². The standard InChI is InChI=1S/C12H17N3O/c1-16-10-4-2-9(3-5-10)12(6-7-12)8-15-11(13)14/h2-5H,6-8H2,1H3,(H4,13,14,15). The van der Waals surface area contributed by atoms with Crippen molar-refractivity contribution in [3.05, 3.63) is 29.8 Å². The number of nitrogens with two attached hydrogens (primary N) is 2. The molecule has 0 spiro atoms. The van der Waals surface area contributed by atoms with Crippen LogP contribution in [0.4, 0.5) is 0 Å². The molecule has 0 radical (unpaired) electrons. The Hall–Kier alpha value is -1.71. The number of methoxy groups -OCH3 is 1. The highest BCUT2D eigenvalue weighted by molar-refractivity contribution is 5.75. The molecule has 0 saturated heterocycles. The van der Waals surface area contributed by atoms with Crippen LogP contribution in [-0.2, 0) is 5.41 Å². The molecule has 0 bridgehead atoms. The van der Waals surface area contributed by atoms with E-state index in [0.717, 1.165) is 18.6 Å². The summed E-state index contributed by atoms with van der Waals surface area (Å²) in [6, 6.07) is 8.14. The molecule has 1 saturated carbocycles. The van der Waals surface area contributed by atoms with E-state index in [4.69, 9.17) is 16.2 Å². The minimum atomic E-state index is 0.163. The van der Waals surface area contributed by atoms with E-state index in [9.17, 15) is 0 Å². The lowest BCUT2D eigenvalue weighted by Gasteiger charge is -2.13. The molecule has 16 heavy (non-hydrogen) atoms. The predicted molar refractivity (Wildman–Crippen MR) is 64.6 cm³/mol. The lowest BCUT2D eigenvalue weighted by atomic mass is 9.96. The summed E-state index contributed by atoms with van der Waals surface area (Å²) in [5.74, 6) is 1.04. The van der Waals surface area contributed by atoms with Crippen molar-refractivity contribution in [3.63, 3.8) is 0 Å². The van der Waals surface area contributed by atoms with Crippen LogP contribution < -0.4 is 16.2 Å². The van der Waals surface area contributed by atoms with E-state index in [1.807, 2.05) is 12.1 Å². The maximum atomic E-state index is 5.36. The van der Waals surface area contributed by atoms with Gasteiger partial charge in [-0.3, -0.25) is 4.99 Å². The lowest BCUT2D eigenvalue weighted by molar-refractivity contribution is 0.414. The number of nitrogens with zero attached hydrogens (tertiary/aromatic N) is 1. The monoisotopic (exact) mass is 219 g/mol. The van der Waals surface area contributed by atoms with Crippen LogP contribution in [0.5, 0.6) is 5.75 Å². The fourth-order valence-corrected chi connectivity index (χ4v) is 1.88. The van der Waals surface area contributed by atoms with Crippen molar-refractivity contribution in [1.82, 2.24) is 0 Å². The van der Waals surface area contributed by atoms with E-state index >= 15 is 0 Å². The first-order chi connectivity index (χ1) is 7.66. The van der Waals surface area contributed by atoms with E-state index in [1.165, 1.54) is 5.56 Å². The quantitative estimate of drug-likeness (QED) is 0.586. The number of hydrogen-bond donors (Lipinski definition) is 2. The molecule has 1 aromatic carbocycles. The van der Waals surface area contributed by atoms with Gasteiger partial charge in [-0.05, 0) is 30.5 Å². The fraction of sp³-hybridized carbons (Fsp3) is 0.417. The van der Waals surface area contributed by atoms with Gasteiger partial charge < -0.3 is 16.2 Å². The molecule has 4 N–H and O–H groups in total. The Bertz CT molecular complexity index is 389. The largest absolute Gasteiger partial charge is 0.497 e. The molecule has 0 atom stereocenters. The minimum absolute atomic E-state index is 0.163. The summed E-state index contributed by atoms with van der Waals surface area (Å²) < 4.78 is 5.13. The number of hydrogen-bond acceptors (Lipinski definition) is 2. The second-order valence-electron chi connectivity index (χ2n) is 4.25. The molecule has 0 unspecified atom stereocenters. The van der Waals surface area contributed by atoms with E-state index in [1.54, 1.807) is 7.11 Å². The van der Waals surface area contributed by atoms with Crippen molar-refractivity contribution >= 4 is 5.96 Å². The molecular weight excluding hydrogens is 202 g/mol. The molecule has 1 aromatic rings. The van der Waals surface area contributed by atoms with Crippen LogP contribution in [-0.4, -0.2) is 19.6 Å². The van der Waals surface area contributed by atoms with Crippen molar-refractivity contribution in [1.29, 1.82) is 0 Å². The Morgan fingerprint density at radius 1 is 1.31 bits per heavy atom. The summed E-state index contributed by atoms with van der Waals surface area (Å²) in [5, 5.41) is 0. The van der Waals surface area contributed by atoms with Gasteiger partial charge in [-0.25, -0.2) is 0 Å². The van der Waals surface area contributed by atoms with Gasteiger partial charge in [0, 0.05) is 5.41 Å². The molecule has 4 nitrogen and oxygen atoms in total. The van der Waals surface area contributed by atoms with Gasteiger partial charge in [-0.1, -0.05) is 12.1 Å². The zero-order valence-corrected chi connectivity index (χ0v) is 9.44. The number of guanidine groups is 1. The minimum Gasteiger partial charge on any atom is -0.497 e. The number of ether oxygens (including phenoxy) is 1. The third-order valence-corrected chi connectivity index (χ3v) is 3.12. The highest BCUT2D eigenvalue weighted by Gasteiger charge is 2.43. The zero-order chi connectivity index (χ0) is 11.6. The highest BCUT2D eigenvalue weighted by atomic mass is 16.5. The van der Waals surface area contributed by atoms with Gasteiger partial charge in [-0.2, -0.15) is 0 Å². The average molecular weight is 219 g/mol. The van der Waals surface area contributed by atoms with Gasteiger partial charge >= 0.3 is 0 Å². The molecule has 2 rings (SSSR count). The maximum absolute atomic E-state index is 5.36. The first kappa shape index (κ1) is 10.8. The summed E-state index contributed by atoms with van der Waals surface area (Å²) in [6.07, 6.45) is 2.30. The van der Waals surface area contributed by atoms with Crippen LogP contribution in [0.1, 0.15) is 18.4 Å². The summed E-state index contributed by atoms with van der Waals surface area (Å²) in [7, 11) is 1.67. The van der Waals surface area contributed by atoms with Gasteiger partial charge in [0.15, 0.2) is 5.96 Å². The number of aliphatic imine (C=N–C) groups is 1. The first-order valence-electron chi connectivity index (χ1n) is 5.36. The normalized spacial score (nSPS) is 16.6. The number of benzene rings is 1. The van der Waals surface area contributed by atoms with Crippen molar-refractivity contribution in [2.24, 2.45) is 16.5 Å². The zero-order valence-electron chi connectivity index (χ0n) is 9.44. The molecular formula is C12H17N3O. The van der Waals surface area contributed by atoms with E-state index < -0.39 is 0 Å². The second kappa shape index (κ2) is 4.04. The maximum Gasteiger partial charge on any atom is 0.185 e. The van der Waals surface area contributed by atoms with Crippen molar-refractivity contribution in [2.45, 2.75) is 18.3 Å². The third kappa shape index (κ3) is 2.10. The smallest absolute Gasteiger partial charge is 0.185 e. The van der Waals surface area contributed by atoms with Crippen LogP contribution in [0, 0.1) is 0 Å². The molecule has 4 heteroatoms. The Morgan fingerprint density at radius 2 is 1.94 bits per heavy atom. The second-order valence-corrected chi connectivity index (χ2v) is 4.25. The SMILES string of the molecule is COc1ccc(C2(CN=C(N)N)CC2)cc1. The third-order valence-electron chi connectivity index (χ3n) is 3.12. The Kier molecular flexibility index (Phi) is 2.73. The van der Waals surface area contributed by atoms with E-state index in [-0.39, 0.29) is 11.4 Å². The van der Waals surface area contributed by atoms with E-state index in [0.29, 0.717) is 6.54 Å². The summed E-state index contributed by atoms with van der Waals surface area (Å²) >= 11 is 0. The van der Waals surface area contributed by atoms with Crippen LogP contribution in [0.3, 0.4) is 0 Å². The van der Waals surface area contributed by atoms with Crippen LogP contribution >= 0.6 is 0 Å². The van der Waals surface area contributed by atoms with Gasteiger partial charge in [0.05, 0.1) is 13.7 Å². The predicted octanol–water partition coefficient (Wildman–Crippen LogP) is 1.00. The lowest BCUT2D eigenvalue weighted by Crippen LogP contribution is -2.25. The molecule has 0 heterocycles. The molecule has 1 aliphatic rings. The fourth-order valence-electron chi connectivity index (χ4n) is 1.88. The molecule has 1 aliphatic carbocycles. The van der Waals surface area contributed by atoms with Gasteiger partial charge in [0.2, 0.25) is 0 Å². The first-order valence-corrected chi connectivity index (χ1v) is 5.36. The molecule has 0 amide bonds. The highest BCUT2D eigenvalue weighted by Crippen LogP contribution is 2.48. The molecule has 1 fully saturated rings. The number of rotatable bonds is 4. The van der Waals surface area contributed by atoms with Gasteiger partial charge in [-0.15, -0.1) is 0 Å². The molecule has 0 aromatic heterocycles. The summed E-state index contributed by atoms with van der Waals surface area (Å²) in [4.78, 5) is 4.12. The summed E-state index contributed by atoms with van der Waals surface area (Å²) in [6.45, 7) is 0.682. The van der Waals surface area contributed by atoms with Crippen molar-refractivity contribution in [2.75, 3.05) is 13.7 Å². The molecule has 86 valence electrons. The summed E-state index contributed by atoms with van der Waals surface area (Å²) in [5.41, 5.74) is 12.2.